The van der Waals surface area contributed by atoms with Gasteiger partial charge in [0.1, 0.15) is 17.7 Å². The van der Waals surface area contributed by atoms with Crippen LogP contribution in [0.5, 0.6) is 5.75 Å². The molecular weight excluding hydrogens is 534 g/mol. The zero-order chi connectivity index (χ0) is 28.9. The van der Waals surface area contributed by atoms with E-state index in [2.05, 4.69) is 17.4 Å². The molecule has 1 atom stereocenters. The van der Waals surface area contributed by atoms with Gasteiger partial charge in [0.15, 0.2) is 5.78 Å². The second-order valence-electron chi connectivity index (χ2n) is 11.5. The van der Waals surface area contributed by atoms with Crippen LogP contribution >= 0.6 is 11.6 Å². The van der Waals surface area contributed by atoms with Crippen LogP contribution in [-0.4, -0.2) is 28.0 Å². The van der Waals surface area contributed by atoms with Gasteiger partial charge in [0.05, 0.1) is 23.2 Å². The van der Waals surface area contributed by atoms with Crippen molar-refractivity contribution in [2.24, 2.45) is 0 Å². The van der Waals surface area contributed by atoms with Crippen molar-refractivity contribution in [1.29, 1.82) is 0 Å². The maximum absolute atomic E-state index is 13.2. The molecule has 1 aliphatic heterocycles. The highest BCUT2D eigenvalue weighted by Crippen LogP contribution is 2.45. The number of hydrogen-bond donors (Lipinski definition) is 1. The zero-order valence-electron chi connectivity index (χ0n) is 23.8. The molecule has 0 saturated heterocycles. The van der Waals surface area contributed by atoms with Crippen molar-refractivity contribution in [3.05, 3.63) is 88.6 Å². The minimum atomic E-state index is -0.761. The molecule has 2 aromatic heterocycles. The number of hydrogen-bond acceptors (Lipinski definition) is 6. The molecular formula is C34H32ClN3O3. The normalized spacial score (nSPS) is 13.7. The number of carbonyl (C=O) groups excluding carboxylic acids is 1. The summed E-state index contributed by atoms with van der Waals surface area (Å²) < 4.78 is 12.5. The molecule has 41 heavy (non-hydrogen) atoms. The second kappa shape index (κ2) is 10.4. The van der Waals surface area contributed by atoms with E-state index in [1.807, 2.05) is 82.4 Å². The number of aromatic nitrogens is 2. The predicted octanol–water partition coefficient (Wildman–Crippen LogP) is 8.54. The summed E-state index contributed by atoms with van der Waals surface area (Å²) in [6.45, 7) is 10.2. The standard InChI is InChI=1S/C34H32ClN3O3/c1-19-18-26-24(11-13-28(38-26)37-23-8-6-22(35)7-9-23)31(29(19)33(20(2)39)41-34(3,4)5)25-10-12-27-30-21(15-17-40-27)14-16-36-32(25)30/h6-14,16,18,33H,15,17H2,1-5H3,(H,37,38)/t33-/m1/s1. The van der Waals surface area contributed by atoms with Crippen LogP contribution in [0.3, 0.4) is 0 Å². The first-order valence-electron chi connectivity index (χ1n) is 13.8. The number of Topliss-reactive ketones (excluding diaryl/α,β-unsaturated/α-hetero) is 1. The van der Waals surface area contributed by atoms with E-state index in [1.54, 1.807) is 6.92 Å². The molecule has 0 saturated carbocycles. The second-order valence-corrected chi connectivity index (χ2v) is 11.9. The molecule has 0 radical (unpaired) electrons. The van der Waals surface area contributed by atoms with E-state index in [0.717, 1.165) is 61.9 Å². The Morgan fingerprint density at radius 2 is 1.85 bits per heavy atom. The number of ether oxygens (including phenoxy) is 2. The van der Waals surface area contributed by atoms with Crippen LogP contribution in [0.4, 0.5) is 11.5 Å². The van der Waals surface area contributed by atoms with Crippen molar-refractivity contribution < 1.29 is 14.3 Å². The highest BCUT2D eigenvalue weighted by molar-refractivity contribution is 6.30. The summed E-state index contributed by atoms with van der Waals surface area (Å²) in [5.41, 5.74) is 6.77. The molecule has 6 rings (SSSR count). The van der Waals surface area contributed by atoms with Gasteiger partial charge in [-0.1, -0.05) is 11.6 Å². The lowest BCUT2D eigenvalue weighted by Crippen LogP contribution is -2.27. The highest BCUT2D eigenvalue weighted by Gasteiger charge is 2.31. The van der Waals surface area contributed by atoms with Crippen LogP contribution in [0.25, 0.3) is 32.9 Å². The number of halogens is 1. The van der Waals surface area contributed by atoms with Gasteiger partial charge in [-0.25, -0.2) is 4.98 Å². The van der Waals surface area contributed by atoms with E-state index < -0.39 is 11.7 Å². The third-order valence-electron chi connectivity index (χ3n) is 7.30. The lowest BCUT2D eigenvalue weighted by atomic mass is 9.85. The fourth-order valence-corrected chi connectivity index (χ4v) is 5.73. The molecule has 1 aliphatic rings. The Kier molecular flexibility index (Phi) is 6.92. The lowest BCUT2D eigenvalue weighted by molar-refractivity contribution is -0.138. The largest absolute Gasteiger partial charge is 0.493 e. The van der Waals surface area contributed by atoms with Crippen molar-refractivity contribution in [1.82, 2.24) is 9.97 Å². The molecule has 0 amide bonds. The predicted molar refractivity (Wildman–Crippen MR) is 165 cm³/mol. The summed E-state index contributed by atoms with van der Waals surface area (Å²) in [4.78, 5) is 23.0. The molecule has 0 fully saturated rings. The van der Waals surface area contributed by atoms with E-state index >= 15 is 0 Å². The van der Waals surface area contributed by atoms with Crippen LogP contribution in [0, 0.1) is 6.92 Å². The van der Waals surface area contributed by atoms with E-state index in [1.165, 1.54) is 5.56 Å². The van der Waals surface area contributed by atoms with Crippen LogP contribution in [0.1, 0.15) is 50.5 Å². The van der Waals surface area contributed by atoms with E-state index in [9.17, 15) is 4.79 Å². The SMILES string of the molecule is CC(=O)[C@@H](OC(C)(C)C)c1c(C)cc2nc(Nc3ccc(Cl)cc3)ccc2c1-c1ccc2c3c(ccnc13)CCO2. The molecule has 6 nitrogen and oxygen atoms in total. The van der Waals surface area contributed by atoms with Gasteiger partial charge < -0.3 is 14.8 Å². The molecule has 7 heteroatoms. The summed E-state index contributed by atoms with van der Waals surface area (Å²) in [7, 11) is 0. The Morgan fingerprint density at radius 1 is 1.07 bits per heavy atom. The summed E-state index contributed by atoms with van der Waals surface area (Å²) in [6.07, 6.45) is 1.92. The molecule has 5 aromatic rings. The Labute approximate surface area is 244 Å². The molecule has 3 aromatic carbocycles. The van der Waals surface area contributed by atoms with Crippen molar-refractivity contribution in [3.8, 4) is 16.9 Å². The zero-order valence-corrected chi connectivity index (χ0v) is 24.6. The average molecular weight is 566 g/mol. The maximum Gasteiger partial charge on any atom is 0.163 e. The summed E-state index contributed by atoms with van der Waals surface area (Å²) >= 11 is 6.07. The summed E-state index contributed by atoms with van der Waals surface area (Å²) in [5, 5.41) is 5.97. The van der Waals surface area contributed by atoms with Crippen LogP contribution in [-0.2, 0) is 16.0 Å². The Balaban J connectivity index is 1.62. The van der Waals surface area contributed by atoms with E-state index in [0.29, 0.717) is 17.4 Å². The number of pyridine rings is 2. The van der Waals surface area contributed by atoms with Gasteiger partial charge in [-0.2, -0.15) is 0 Å². The summed E-state index contributed by atoms with van der Waals surface area (Å²) in [6, 6.07) is 19.7. The quantitative estimate of drug-likeness (QED) is 0.222. The molecule has 0 spiro atoms. The van der Waals surface area contributed by atoms with E-state index in [-0.39, 0.29) is 5.78 Å². The Bertz CT molecular complexity index is 1800. The minimum Gasteiger partial charge on any atom is -0.493 e. The first kappa shape index (κ1) is 27.2. The summed E-state index contributed by atoms with van der Waals surface area (Å²) in [5.74, 6) is 1.48. The van der Waals surface area contributed by atoms with Gasteiger partial charge in [0, 0.05) is 39.7 Å². The molecule has 0 aliphatic carbocycles. The number of fused-ring (bicyclic) bond motifs is 1. The topological polar surface area (TPSA) is 73.3 Å². The van der Waals surface area contributed by atoms with Crippen LogP contribution in [0.2, 0.25) is 5.02 Å². The minimum absolute atomic E-state index is 0.0587. The van der Waals surface area contributed by atoms with E-state index in [4.69, 9.17) is 31.0 Å². The van der Waals surface area contributed by atoms with Gasteiger partial charge in [-0.05, 0) is 118 Å². The monoisotopic (exact) mass is 565 g/mol. The first-order chi connectivity index (χ1) is 19.6. The molecule has 0 bridgehead atoms. The van der Waals surface area contributed by atoms with Gasteiger partial charge in [-0.3, -0.25) is 9.78 Å². The number of benzene rings is 3. The first-order valence-corrected chi connectivity index (χ1v) is 14.2. The average Bonchev–Trinajstić information content (AvgIpc) is 2.92. The highest BCUT2D eigenvalue weighted by atomic mass is 35.5. The molecule has 1 N–H and O–H groups in total. The van der Waals surface area contributed by atoms with Gasteiger partial charge in [0.2, 0.25) is 0 Å². The lowest BCUT2D eigenvalue weighted by Gasteiger charge is -2.30. The number of ketones is 1. The van der Waals surface area contributed by atoms with Crippen molar-refractivity contribution in [3.63, 3.8) is 0 Å². The van der Waals surface area contributed by atoms with Gasteiger partial charge >= 0.3 is 0 Å². The maximum atomic E-state index is 13.2. The fraction of sp³-hybridized carbons (Fsp3) is 0.265. The smallest absolute Gasteiger partial charge is 0.163 e. The van der Waals surface area contributed by atoms with Crippen molar-refractivity contribution in [2.75, 3.05) is 11.9 Å². The van der Waals surface area contributed by atoms with Gasteiger partial charge in [0.25, 0.3) is 0 Å². The van der Waals surface area contributed by atoms with Crippen molar-refractivity contribution in [2.45, 2.75) is 52.7 Å². The number of aryl methyl sites for hydroxylation is 1. The number of nitrogens with zero attached hydrogens (tertiary/aromatic N) is 2. The third-order valence-corrected chi connectivity index (χ3v) is 7.55. The number of anilines is 2. The fourth-order valence-electron chi connectivity index (χ4n) is 5.60. The molecule has 0 unspecified atom stereocenters. The molecule has 208 valence electrons. The number of rotatable bonds is 6. The van der Waals surface area contributed by atoms with Crippen LogP contribution in [0.15, 0.2) is 66.9 Å². The van der Waals surface area contributed by atoms with Gasteiger partial charge in [-0.15, -0.1) is 0 Å². The van der Waals surface area contributed by atoms with Crippen molar-refractivity contribution >= 4 is 50.7 Å². The molecule has 3 heterocycles. The Morgan fingerprint density at radius 3 is 2.59 bits per heavy atom. The number of nitrogens with one attached hydrogen (secondary N) is 1. The third kappa shape index (κ3) is 5.25. The van der Waals surface area contributed by atoms with Crippen LogP contribution < -0.4 is 10.1 Å². The number of carbonyl (C=O) groups is 1. The Hall–Kier alpha value is -4.00.